The molecule has 0 aliphatic carbocycles. The van der Waals surface area contributed by atoms with E-state index in [1.165, 1.54) is 0 Å². The van der Waals surface area contributed by atoms with Crippen molar-refractivity contribution in [1.82, 2.24) is 4.98 Å². The zero-order valence-corrected chi connectivity index (χ0v) is 12.5. The lowest BCUT2D eigenvalue weighted by Crippen LogP contribution is -2.36. The highest BCUT2D eigenvalue weighted by molar-refractivity contribution is 14.1. The summed E-state index contributed by atoms with van der Waals surface area (Å²) in [5.41, 5.74) is 0. The molecule has 5 nitrogen and oxygen atoms in total. The van der Waals surface area contributed by atoms with Crippen LogP contribution in [0.15, 0.2) is 12.1 Å². The third-order valence-electron chi connectivity index (χ3n) is 2.67. The molecule has 1 aromatic heterocycles. The second-order valence-corrected chi connectivity index (χ2v) is 5.44. The van der Waals surface area contributed by atoms with E-state index in [-0.39, 0.29) is 12.7 Å². The van der Waals surface area contributed by atoms with Crippen molar-refractivity contribution in [3.8, 4) is 5.88 Å². The number of hydrogen-bond donors (Lipinski definition) is 1. The summed E-state index contributed by atoms with van der Waals surface area (Å²) in [6, 6.07) is 3.90. The van der Waals surface area contributed by atoms with Crippen LogP contribution < -0.4 is 9.64 Å². The molecule has 1 aliphatic heterocycles. The Morgan fingerprint density at radius 2 is 2.22 bits per heavy atom. The zero-order valence-electron chi connectivity index (χ0n) is 10.3. The topological polar surface area (TPSA) is 54.8 Å². The summed E-state index contributed by atoms with van der Waals surface area (Å²) >= 11 is 2.25. The highest BCUT2D eigenvalue weighted by atomic mass is 127. The number of nitrogens with zero attached hydrogens (tertiary/aromatic N) is 2. The highest BCUT2D eigenvalue weighted by Gasteiger charge is 2.14. The molecular weight excluding hydrogens is 347 g/mol. The summed E-state index contributed by atoms with van der Waals surface area (Å²) in [5, 5.41) is 9.00. The van der Waals surface area contributed by atoms with Gasteiger partial charge in [-0.05, 0) is 35.6 Å². The van der Waals surface area contributed by atoms with Crippen LogP contribution in [0.2, 0.25) is 0 Å². The van der Waals surface area contributed by atoms with Gasteiger partial charge in [0.1, 0.15) is 11.9 Å². The summed E-state index contributed by atoms with van der Waals surface area (Å²) in [4.78, 5) is 6.66. The van der Waals surface area contributed by atoms with Gasteiger partial charge in [-0.1, -0.05) is 0 Å². The van der Waals surface area contributed by atoms with E-state index < -0.39 is 0 Å². The first-order valence-corrected chi connectivity index (χ1v) is 7.04. The SMILES string of the molecule is C[C@@H](CO)Oc1cc(I)cc(N2CCOCC2)n1. The lowest BCUT2D eigenvalue weighted by atomic mass is 10.3. The molecule has 0 unspecified atom stereocenters. The molecule has 0 radical (unpaired) electrons. The maximum Gasteiger partial charge on any atom is 0.216 e. The third-order valence-corrected chi connectivity index (χ3v) is 3.29. The van der Waals surface area contributed by atoms with Crippen molar-refractivity contribution in [2.75, 3.05) is 37.8 Å². The van der Waals surface area contributed by atoms with Crippen molar-refractivity contribution >= 4 is 28.4 Å². The maximum absolute atomic E-state index is 9.00. The average Bonchev–Trinajstić information content (AvgIpc) is 2.39. The van der Waals surface area contributed by atoms with E-state index >= 15 is 0 Å². The largest absolute Gasteiger partial charge is 0.472 e. The molecule has 0 spiro atoms. The molecule has 0 aromatic carbocycles. The summed E-state index contributed by atoms with van der Waals surface area (Å²) in [6.45, 7) is 4.97. The first kappa shape index (κ1) is 13.8. The van der Waals surface area contributed by atoms with Crippen LogP contribution in [0.1, 0.15) is 6.92 Å². The van der Waals surface area contributed by atoms with Gasteiger partial charge in [-0.2, -0.15) is 4.98 Å². The number of morpholine rings is 1. The minimum Gasteiger partial charge on any atom is -0.472 e. The van der Waals surface area contributed by atoms with Crippen LogP contribution in [0.3, 0.4) is 0 Å². The monoisotopic (exact) mass is 364 g/mol. The van der Waals surface area contributed by atoms with Gasteiger partial charge in [0.15, 0.2) is 0 Å². The fraction of sp³-hybridized carbons (Fsp3) is 0.583. The number of aliphatic hydroxyl groups is 1. The fourth-order valence-corrected chi connectivity index (χ4v) is 2.26. The minimum atomic E-state index is -0.242. The van der Waals surface area contributed by atoms with E-state index in [1.807, 2.05) is 19.1 Å². The van der Waals surface area contributed by atoms with E-state index in [1.54, 1.807) is 0 Å². The van der Waals surface area contributed by atoms with Gasteiger partial charge in [-0.15, -0.1) is 0 Å². The van der Waals surface area contributed by atoms with Gasteiger partial charge in [-0.25, -0.2) is 0 Å². The Morgan fingerprint density at radius 1 is 1.50 bits per heavy atom. The third kappa shape index (κ3) is 3.69. The van der Waals surface area contributed by atoms with Crippen LogP contribution in [0, 0.1) is 3.57 Å². The summed E-state index contributed by atoms with van der Waals surface area (Å²) in [7, 11) is 0. The fourth-order valence-electron chi connectivity index (χ4n) is 1.72. The normalized spacial score (nSPS) is 17.6. The molecule has 1 atom stereocenters. The summed E-state index contributed by atoms with van der Waals surface area (Å²) in [6.07, 6.45) is -0.242. The highest BCUT2D eigenvalue weighted by Crippen LogP contribution is 2.22. The Labute approximate surface area is 120 Å². The lowest BCUT2D eigenvalue weighted by Gasteiger charge is -2.28. The lowest BCUT2D eigenvalue weighted by molar-refractivity contribution is 0.120. The summed E-state index contributed by atoms with van der Waals surface area (Å²) in [5.74, 6) is 1.47. The molecule has 0 saturated carbocycles. The molecule has 1 saturated heterocycles. The van der Waals surface area contributed by atoms with E-state index in [4.69, 9.17) is 14.6 Å². The predicted octanol–water partition coefficient (Wildman–Crippen LogP) is 1.28. The van der Waals surface area contributed by atoms with Crippen molar-refractivity contribution in [2.24, 2.45) is 0 Å². The molecule has 1 N–H and O–H groups in total. The van der Waals surface area contributed by atoms with E-state index in [0.29, 0.717) is 5.88 Å². The Bertz CT molecular complexity index is 397. The van der Waals surface area contributed by atoms with Gasteiger partial charge in [0.2, 0.25) is 5.88 Å². The maximum atomic E-state index is 9.00. The Hall–Kier alpha value is -0.600. The van der Waals surface area contributed by atoms with Crippen LogP contribution >= 0.6 is 22.6 Å². The molecule has 0 bridgehead atoms. The van der Waals surface area contributed by atoms with Crippen molar-refractivity contribution < 1.29 is 14.6 Å². The molecule has 0 amide bonds. The van der Waals surface area contributed by atoms with Crippen LogP contribution in [0.4, 0.5) is 5.82 Å². The molecule has 1 fully saturated rings. The van der Waals surface area contributed by atoms with Crippen LogP contribution in [0.25, 0.3) is 0 Å². The molecule has 6 heteroatoms. The van der Waals surface area contributed by atoms with Crippen LogP contribution in [-0.2, 0) is 4.74 Å². The number of aromatic nitrogens is 1. The molecule has 1 aliphatic rings. The molecule has 18 heavy (non-hydrogen) atoms. The van der Waals surface area contributed by atoms with Gasteiger partial charge in [-0.3, -0.25) is 0 Å². The number of halogens is 1. The molecule has 2 rings (SSSR count). The number of anilines is 1. The standard InChI is InChI=1S/C12H17IN2O3/c1-9(8-16)18-12-7-10(13)6-11(14-12)15-2-4-17-5-3-15/h6-7,9,16H,2-5,8H2,1H3/t9-/m0/s1. The number of ether oxygens (including phenoxy) is 2. The Morgan fingerprint density at radius 3 is 2.89 bits per heavy atom. The first-order chi connectivity index (χ1) is 8.69. The van der Waals surface area contributed by atoms with Gasteiger partial charge >= 0.3 is 0 Å². The van der Waals surface area contributed by atoms with Crippen molar-refractivity contribution in [3.63, 3.8) is 0 Å². The van der Waals surface area contributed by atoms with Crippen molar-refractivity contribution in [3.05, 3.63) is 15.7 Å². The van der Waals surface area contributed by atoms with Crippen LogP contribution in [-0.4, -0.2) is 49.1 Å². The predicted molar refractivity (Wildman–Crippen MR) is 77.2 cm³/mol. The van der Waals surface area contributed by atoms with Gasteiger partial charge in [0.05, 0.1) is 19.8 Å². The number of hydrogen-bond acceptors (Lipinski definition) is 5. The summed E-state index contributed by atoms with van der Waals surface area (Å²) < 4.78 is 12.0. The van der Waals surface area contributed by atoms with Gasteiger partial charge in [0, 0.05) is 22.7 Å². The van der Waals surface area contributed by atoms with Gasteiger partial charge < -0.3 is 19.5 Å². The second kappa shape index (κ2) is 6.53. The molecular formula is C12H17IN2O3. The van der Waals surface area contributed by atoms with E-state index in [9.17, 15) is 0 Å². The quantitative estimate of drug-likeness (QED) is 0.816. The number of rotatable bonds is 4. The molecule has 2 heterocycles. The van der Waals surface area contributed by atoms with Gasteiger partial charge in [0.25, 0.3) is 0 Å². The minimum absolute atomic E-state index is 0.0138. The zero-order chi connectivity index (χ0) is 13.0. The van der Waals surface area contributed by atoms with E-state index in [0.717, 1.165) is 35.7 Å². The first-order valence-electron chi connectivity index (χ1n) is 5.97. The second-order valence-electron chi connectivity index (χ2n) is 4.19. The molecule has 100 valence electrons. The van der Waals surface area contributed by atoms with Crippen molar-refractivity contribution in [1.29, 1.82) is 0 Å². The van der Waals surface area contributed by atoms with Crippen molar-refractivity contribution in [2.45, 2.75) is 13.0 Å². The Balaban J connectivity index is 2.14. The van der Waals surface area contributed by atoms with E-state index in [2.05, 4.69) is 32.5 Å². The van der Waals surface area contributed by atoms with Crippen LogP contribution in [0.5, 0.6) is 5.88 Å². The Kier molecular flexibility index (Phi) is 5.02. The molecule has 1 aromatic rings. The number of pyridine rings is 1. The number of aliphatic hydroxyl groups excluding tert-OH is 1. The average molecular weight is 364 g/mol. The smallest absolute Gasteiger partial charge is 0.216 e.